The van der Waals surface area contributed by atoms with Crippen molar-refractivity contribution in [2.75, 3.05) is 33.5 Å². The van der Waals surface area contributed by atoms with Crippen molar-refractivity contribution in [2.45, 2.75) is 418 Å². The number of carbonyl (C=O) groups is 7. The van der Waals surface area contributed by atoms with Crippen molar-refractivity contribution in [3.05, 3.63) is 11.6 Å². The third-order valence-electron chi connectivity index (χ3n) is 32.8. The van der Waals surface area contributed by atoms with Gasteiger partial charge in [-0.25, -0.2) is 9.00 Å². The fourth-order valence-corrected chi connectivity index (χ4v) is 24.5. The highest BCUT2D eigenvalue weighted by Gasteiger charge is 2.74. The van der Waals surface area contributed by atoms with Gasteiger partial charge >= 0.3 is 23.9 Å². The first-order valence-corrected chi connectivity index (χ1v) is 49.2. The highest BCUT2D eigenvalue weighted by atomic mass is 32.2. The fourth-order valence-electron chi connectivity index (χ4n) is 23.9. The Morgan fingerprint density at radius 3 is 1.79 bits per heavy atom. The highest BCUT2D eigenvalue weighted by Crippen LogP contribution is 2.76. The summed E-state index contributed by atoms with van der Waals surface area (Å²) in [6, 6.07) is 0. The van der Waals surface area contributed by atoms with Crippen LogP contribution in [0.25, 0.3) is 0 Å². The maximum atomic E-state index is 16.4. The molecule has 49 atom stereocenters. The van der Waals surface area contributed by atoms with Gasteiger partial charge in [0.25, 0.3) is 11.8 Å². The zero-order valence-corrected chi connectivity index (χ0v) is 80.6. The number of methoxy groups -OCH3 is 1. The smallest absolute Gasteiger partial charge is 0.364 e. The van der Waals surface area contributed by atoms with Gasteiger partial charge in [-0.3, -0.25) is 24.0 Å². The van der Waals surface area contributed by atoms with Crippen molar-refractivity contribution in [1.82, 2.24) is 5.06 Å². The number of esters is 3. The zero-order chi connectivity index (χ0) is 102. The van der Waals surface area contributed by atoms with Crippen LogP contribution in [0.15, 0.2) is 11.6 Å². The third-order valence-corrected chi connectivity index (χ3v) is 33.6. The van der Waals surface area contributed by atoms with Crippen molar-refractivity contribution in [3.8, 4) is 0 Å². The summed E-state index contributed by atoms with van der Waals surface area (Å²) in [5.74, 6) is -10.2. The van der Waals surface area contributed by atoms with Crippen LogP contribution < -0.4 is 0 Å². The number of fused-ring (bicyclic) bond motifs is 7. The monoisotopic (exact) mass is 2020 g/mol. The molecule has 8 heterocycles. The lowest BCUT2D eigenvalue weighted by Crippen LogP contribution is -2.69. The van der Waals surface area contributed by atoms with Crippen molar-refractivity contribution in [3.63, 3.8) is 0 Å². The number of amides is 2. The molecule has 5 aliphatic carbocycles. The molecule has 0 aromatic heterocycles. The average molecular weight is 2020 g/mol. The second kappa shape index (κ2) is 44.7. The number of aldehydes is 1. The average Bonchev–Trinajstić information content (AvgIpc) is 0.990. The summed E-state index contributed by atoms with van der Waals surface area (Å²) >= 11 is -2.97. The van der Waals surface area contributed by atoms with Crippen LogP contribution in [0.5, 0.6) is 0 Å². The molecule has 0 aromatic carbocycles. The number of nitrogens with zero attached hydrogens (tertiary/aromatic N) is 1. The van der Waals surface area contributed by atoms with E-state index in [1.807, 2.05) is 34.6 Å². The van der Waals surface area contributed by atoms with Crippen molar-refractivity contribution in [2.24, 2.45) is 62.1 Å². The summed E-state index contributed by atoms with van der Waals surface area (Å²) in [5, 5.41) is 212. The van der Waals surface area contributed by atoms with E-state index in [4.69, 9.17) is 85.4 Å². The van der Waals surface area contributed by atoms with E-state index in [-0.39, 0.29) is 74.9 Å². The third kappa shape index (κ3) is 22.0. The van der Waals surface area contributed by atoms with Crippen LogP contribution in [0.2, 0.25) is 0 Å². The number of imide groups is 1. The van der Waals surface area contributed by atoms with Crippen LogP contribution in [0.1, 0.15) is 185 Å². The molecule has 48 heteroatoms. The number of aliphatic hydroxyl groups excluding tert-OH is 19. The normalized spacial score (nSPS) is 46.6. The maximum Gasteiger partial charge on any atom is 0.364 e. The van der Waals surface area contributed by atoms with Crippen molar-refractivity contribution < 1.29 is 225 Å². The quantitative estimate of drug-likeness (QED) is 0.00538. The molecule has 13 rings (SSSR count). The molecule has 8 aliphatic heterocycles. The molecular formula is C91H143NO46S. The first-order valence-electron chi connectivity index (χ1n) is 48.0. The lowest BCUT2D eigenvalue weighted by Gasteiger charge is -2.71. The Labute approximate surface area is 804 Å². The van der Waals surface area contributed by atoms with Crippen LogP contribution in [0.4, 0.5) is 0 Å². The molecule has 12 fully saturated rings. The van der Waals surface area contributed by atoms with Crippen LogP contribution in [0, 0.1) is 62.1 Å². The Morgan fingerprint density at radius 1 is 0.583 bits per heavy atom. The van der Waals surface area contributed by atoms with E-state index in [0.29, 0.717) is 38.4 Å². The molecule has 20 N–H and O–H groups in total. The predicted octanol–water partition coefficient (Wildman–Crippen LogP) is -4.81. The lowest BCUT2D eigenvalue weighted by molar-refractivity contribution is -0.392. The molecule has 139 heavy (non-hydrogen) atoms. The summed E-state index contributed by atoms with van der Waals surface area (Å²) in [6.45, 7) is 17.7. The zero-order valence-electron chi connectivity index (χ0n) is 79.7. The van der Waals surface area contributed by atoms with Gasteiger partial charge in [-0.05, 0) is 116 Å². The Morgan fingerprint density at radius 2 is 1.16 bits per heavy atom. The number of hydrogen-bond donors (Lipinski definition) is 20. The van der Waals surface area contributed by atoms with E-state index in [0.717, 1.165) is 5.57 Å². The van der Waals surface area contributed by atoms with Gasteiger partial charge in [0.15, 0.2) is 72.6 Å². The largest absolute Gasteiger partial charge is 0.462 e. The molecule has 0 spiro atoms. The minimum atomic E-state index is -2.97. The van der Waals surface area contributed by atoms with Gasteiger partial charge in [-0.15, -0.1) is 5.06 Å². The summed E-state index contributed by atoms with van der Waals surface area (Å²) in [6.07, 6.45) is -63.7. The molecule has 8 saturated heterocycles. The lowest BCUT2D eigenvalue weighted by atomic mass is 9.33. The molecular weight excluding hydrogens is 1880 g/mol. The molecule has 47 nitrogen and oxygen atoms in total. The van der Waals surface area contributed by atoms with Crippen LogP contribution in [-0.2, 0) is 130 Å². The Hall–Kier alpha value is -4.78. The summed E-state index contributed by atoms with van der Waals surface area (Å²) in [4.78, 5) is 106. The molecule has 0 aromatic rings. The van der Waals surface area contributed by atoms with Crippen LogP contribution in [0.3, 0.4) is 0 Å². The minimum absolute atomic E-state index is 0.0155. The van der Waals surface area contributed by atoms with Crippen LogP contribution >= 0.6 is 0 Å². The van der Waals surface area contributed by atoms with E-state index in [2.05, 4.69) is 13.0 Å². The van der Waals surface area contributed by atoms with E-state index < -0.39 is 375 Å². The summed E-state index contributed by atoms with van der Waals surface area (Å²) < 4.78 is 125. The minimum Gasteiger partial charge on any atom is -0.462 e. The second-order valence-electron chi connectivity index (χ2n) is 41.9. The summed E-state index contributed by atoms with van der Waals surface area (Å²) in [7, 11) is 1.23. The number of aliphatic hydroxyl groups is 19. The standard InChI is InChI=1S/C91H143NO46S/c1-13-36(3)45(125-56(102)25-40(97)24-46(37(4)14-2)127-81-65(111)61(107)49(32-94)128-81)23-39(96)26-57(103)126-47-27-58(104)131-83(72(47)133-80-67(113)63(109)70(38(5)124-80)132-79-69(115)71(121-12)44(99)34-123-79)137-85(118)91-22-21-86(6,7)29-42(91)41-15-16-52-87(8)19-18-54(88(9,35-95)51(87)17-20-89(52,10)90(41,11)30-53(91)100)130-84-75(136-82-66(112)62(108)60(106)48(31-93)129-82)73(134-78-64(110)59(105)43(98)33-122-78)68(114)74(135-84)77(117)138-92-55(101)28-50(76(92)116)139(119)120/h15,35-40,42-54,58-75,78-84,93-94,96-100,104-115H,13-14,16-34H2,1-12H3,(H,119,120)/t36-,37-,38?,39-,40-,42?,43?,44?,45-,46-,47?,48?,49?,50?,51?,52?,53+,54-,58?,59?,60?,61?,62?,63?,64?,65?,66?,67?,68?,69?,70?,71?,72?,73?,74?,75?,78?,79?,80?,81?,82?,83?,84?,87-,88-,89+,90+,91+/m0/s1. The maximum absolute atomic E-state index is 16.4. The van der Waals surface area contributed by atoms with Gasteiger partial charge < -0.3 is 192 Å². The van der Waals surface area contributed by atoms with Crippen LogP contribution in [-0.4, -0.2) is 419 Å². The molecule has 794 valence electrons. The number of carbonyl (C=O) groups excluding carboxylic acids is 7. The molecule has 2 amide bonds. The SMILES string of the molecule is CC[C@H](C)[C@H](C[C@H](O)CC(=O)OC1CC(O)OC(OC(=O)[C@]23CCC(C)(C)CC2C2=CCC4[C@@]5(C)CC[C@H](OC6OC(C(=O)ON7C(=O)CC(S(=O)O)C7=O)C(O)C(OC7OCC(O)C(O)C7O)C6OC6OC(CO)C(O)C(O)C6O)[C@@](C)(C=O)C5CC[C@@]4(C)[C@]2(C)C[C@H]3O)C1OC1OC(C)C(OC2OCC(O)C(OC)C2O)C(O)C1O)OC(=O)C[C@@H](O)C[C@H](OC1OC(CO)C(O)C1O)[C@@H](C)CC. The number of rotatable bonds is 35. The van der Waals surface area contributed by atoms with Gasteiger partial charge in [-0.1, -0.05) is 93.7 Å². The van der Waals surface area contributed by atoms with Gasteiger partial charge in [0, 0.05) is 26.4 Å². The fraction of sp³-hybridized carbons (Fsp3) is 0.901. The van der Waals surface area contributed by atoms with E-state index >= 15 is 4.79 Å². The van der Waals surface area contributed by atoms with Crippen molar-refractivity contribution >= 4 is 53.1 Å². The first kappa shape index (κ1) is 111. The highest BCUT2D eigenvalue weighted by molar-refractivity contribution is 7.80. The van der Waals surface area contributed by atoms with Gasteiger partial charge in [-0.2, -0.15) is 0 Å². The Bertz CT molecular complexity index is 4270. The Balaban J connectivity index is 0.768. The Kier molecular flexibility index (Phi) is 35.8. The van der Waals surface area contributed by atoms with E-state index in [1.165, 1.54) is 14.0 Å². The number of allylic oxidation sites excluding steroid dienone is 2. The summed E-state index contributed by atoms with van der Waals surface area (Å²) in [5.41, 5.74) is -5.96. The first-order chi connectivity index (χ1) is 65.3. The van der Waals surface area contributed by atoms with Gasteiger partial charge in [0.1, 0.15) is 140 Å². The molecule has 36 unspecified atom stereocenters. The number of hydroxylamine groups is 2. The van der Waals surface area contributed by atoms with Gasteiger partial charge in [0.05, 0.1) is 87.7 Å². The molecule has 4 saturated carbocycles. The predicted molar refractivity (Wildman–Crippen MR) is 461 cm³/mol. The topological polar surface area (TPSA) is 711 Å². The van der Waals surface area contributed by atoms with E-state index in [9.17, 15) is 135 Å². The number of hydrogen-bond acceptors (Lipinski definition) is 45. The number of ether oxygens (including phenoxy) is 17. The molecule has 0 bridgehead atoms. The van der Waals surface area contributed by atoms with Gasteiger partial charge in [0.2, 0.25) is 6.29 Å². The molecule has 13 aliphatic rings. The second-order valence-corrected chi connectivity index (χ2v) is 43.1. The van der Waals surface area contributed by atoms with E-state index in [1.54, 1.807) is 27.7 Å². The van der Waals surface area contributed by atoms with Crippen molar-refractivity contribution in [1.29, 1.82) is 0 Å². The molecule has 0 radical (unpaired) electrons.